The van der Waals surface area contributed by atoms with Gasteiger partial charge >= 0.3 is 0 Å². The average molecular weight is 373 g/mol. The Kier molecular flexibility index (Phi) is 4.32. The quantitative estimate of drug-likeness (QED) is 0.670. The van der Waals surface area contributed by atoms with E-state index in [-0.39, 0.29) is 11.6 Å². The molecule has 0 bridgehead atoms. The Morgan fingerprint density at radius 2 is 2.00 bits per heavy atom. The molecule has 0 unspecified atom stereocenters. The van der Waals surface area contributed by atoms with Crippen LogP contribution in [0.15, 0.2) is 40.8 Å². The van der Waals surface area contributed by atoms with Gasteiger partial charge in [0, 0.05) is 29.7 Å². The number of para-hydroxylation sites is 1. The maximum atomic E-state index is 14.4. The van der Waals surface area contributed by atoms with Crippen molar-refractivity contribution < 1.29 is 13.6 Å². The lowest BCUT2D eigenvalue weighted by atomic mass is 10.1. The highest BCUT2D eigenvalue weighted by Crippen LogP contribution is 2.31. The Hall–Kier alpha value is -2.53. The molecule has 0 spiro atoms. The summed E-state index contributed by atoms with van der Waals surface area (Å²) in [6.45, 7) is 3.53. The third-order valence-electron chi connectivity index (χ3n) is 4.77. The summed E-state index contributed by atoms with van der Waals surface area (Å²) in [6.07, 6.45) is 2.15. The number of anilines is 2. The first-order valence-electron chi connectivity index (χ1n) is 8.58. The molecule has 0 radical (unpaired) electrons. The van der Waals surface area contributed by atoms with E-state index in [1.54, 1.807) is 31.2 Å². The van der Waals surface area contributed by atoms with E-state index < -0.39 is 5.91 Å². The molecule has 1 aliphatic rings. The topological polar surface area (TPSA) is 45.5 Å². The van der Waals surface area contributed by atoms with Gasteiger partial charge in [0.15, 0.2) is 11.3 Å². The zero-order chi connectivity index (χ0) is 18.3. The number of aryl methyl sites for hydroxylation is 1. The molecule has 1 aromatic heterocycles. The first-order chi connectivity index (χ1) is 12.5. The van der Waals surface area contributed by atoms with Crippen molar-refractivity contribution in [1.82, 2.24) is 0 Å². The Morgan fingerprint density at radius 3 is 2.69 bits per heavy atom. The van der Waals surface area contributed by atoms with Gasteiger partial charge in [-0.2, -0.15) is 0 Å². The van der Waals surface area contributed by atoms with E-state index >= 15 is 0 Å². The molecule has 4 rings (SSSR count). The molecule has 2 heterocycles. The lowest BCUT2D eigenvalue weighted by Gasteiger charge is -2.18. The number of benzene rings is 2. The number of halogens is 2. The van der Waals surface area contributed by atoms with Crippen LogP contribution in [0, 0.1) is 12.7 Å². The molecular formula is C20H18ClFN2O2. The number of rotatable bonds is 3. The van der Waals surface area contributed by atoms with E-state index in [0.717, 1.165) is 31.3 Å². The maximum absolute atomic E-state index is 14.4. The fourth-order valence-electron chi connectivity index (χ4n) is 3.41. The van der Waals surface area contributed by atoms with Crippen molar-refractivity contribution in [3.8, 4) is 0 Å². The van der Waals surface area contributed by atoms with Crippen molar-refractivity contribution in [3.63, 3.8) is 0 Å². The molecule has 0 aliphatic carbocycles. The van der Waals surface area contributed by atoms with Crippen molar-refractivity contribution in [1.29, 1.82) is 0 Å². The zero-order valence-corrected chi connectivity index (χ0v) is 15.1. The molecule has 134 valence electrons. The van der Waals surface area contributed by atoms with Gasteiger partial charge < -0.3 is 14.6 Å². The van der Waals surface area contributed by atoms with Gasteiger partial charge in [0.2, 0.25) is 0 Å². The minimum Gasteiger partial charge on any atom is -0.449 e. The van der Waals surface area contributed by atoms with Gasteiger partial charge in [-0.3, -0.25) is 4.79 Å². The molecule has 3 aromatic rings. The van der Waals surface area contributed by atoms with Crippen molar-refractivity contribution in [2.75, 3.05) is 23.3 Å². The highest BCUT2D eigenvalue weighted by atomic mass is 35.5. The van der Waals surface area contributed by atoms with Gasteiger partial charge in [0.1, 0.15) is 5.82 Å². The van der Waals surface area contributed by atoms with Crippen LogP contribution in [-0.2, 0) is 0 Å². The highest BCUT2D eigenvalue weighted by molar-refractivity contribution is 6.35. The van der Waals surface area contributed by atoms with Gasteiger partial charge in [-0.15, -0.1) is 0 Å². The molecule has 2 aromatic carbocycles. The second-order valence-corrected chi connectivity index (χ2v) is 6.89. The fourth-order valence-corrected chi connectivity index (χ4v) is 3.63. The Morgan fingerprint density at radius 1 is 1.23 bits per heavy atom. The third-order valence-corrected chi connectivity index (χ3v) is 5.07. The van der Waals surface area contributed by atoms with Crippen LogP contribution in [0.4, 0.5) is 15.8 Å². The Labute approximate surface area is 155 Å². The van der Waals surface area contributed by atoms with Gasteiger partial charge in [-0.25, -0.2) is 4.39 Å². The van der Waals surface area contributed by atoms with E-state index in [4.69, 9.17) is 16.0 Å². The zero-order valence-electron chi connectivity index (χ0n) is 14.3. The molecule has 4 nitrogen and oxygen atoms in total. The molecule has 1 saturated heterocycles. The van der Waals surface area contributed by atoms with Gasteiger partial charge in [0.05, 0.1) is 10.7 Å². The van der Waals surface area contributed by atoms with Crippen LogP contribution in [0.2, 0.25) is 5.02 Å². The fraction of sp³-hybridized carbons (Fsp3) is 0.250. The minimum atomic E-state index is -0.428. The average Bonchev–Trinajstić information content (AvgIpc) is 3.25. The molecular weight excluding hydrogens is 355 g/mol. The molecule has 1 amide bonds. The van der Waals surface area contributed by atoms with E-state index in [2.05, 4.69) is 5.32 Å². The number of carbonyl (C=O) groups excluding carboxylic acids is 1. The van der Waals surface area contributed by atoms with Crippen LogP contribution in [0.1, 0.15) is 29.0 Å². The second-order valence-electron chi connectivity index (χ2n) is 6.49. The summed E-state index contributed by atoms with van der Waals surface area (Å²) in [6, 6.07) is 10.1. The molecule has 1 aliphatic heterocycles. The van der Waals surface area contributed by atoms with Crippen molar-refractivity contribution in [2.45, 2.75) is 19.8 Å². The van der Waals surface area contributed by atoms with Crippen molar-refractivity contribution in [2.24, 2.45) is 0 Å². The number of fused-ring (bicyclic) bond motifs is 1. The van der Waals surface area contributed by atoms with E-state index in [9.17, 15) is 9.18 Å². The predicted molar refractivity (Wildman–Crippen MR) is 102 cm³/mol. The minimum absolute atomic E-state index is 0.178. The van der Waals surface area contributed by atoms with Crippen molar-refractivity contribution >= 4 is 39.9 Å². The number of hydrogen-bond acceptors (Lipinski definition) is 3. The molecule has 1 N–H and O–H groups in total. The van der Waals surface area contributed by atoms with Crippen LogP contribution < -0.4 is 10.2 Å². The summed E-state index contributed by atoms with van der Waals surface area (Å²) >= 11 is 6.13. The standard InChI is InChI=1S/C20H18ClFN2O2/c1-12-14-5-4-6-15(21)19(14)26-18(12)20(25)23-13-7-8-17(16(22)11-13)24-9-2-3-10-24/h4-8,11H,2-3,9-10H2,1H3,(H,23,25). The van der Waals surface area contributed by atoms with Crippen LogP contribution >= 0.6 is 11.6 Å². The summed E-state index contributed by atoms with van der Waals surface area (Å²) in [5.41, 5.74) is 2.15. The largest absolute Gasteiger partial charge is 0.449 e. The van der Waals surface area contributed by atoms with Crippen molar-refractivity contribution in [3.05, 3.63) is 58.6 Å². The van der Waals surface area contributed by atoms with E-state index in [0.29, 0.717) is 27.5 Å². The molecule has 0 atom stereocenters. The second kappa shape index (κ2) is 6.65. The molecule has 0 saturated carbocycles. The third kappa shape index (κ3) is 2.92. The van der Waals surface area contributed by atoms with Gasteiger partial charge in [-0.05, 0) is 44.0 Å². The van der Waals surface area contributed by atoms with Gasteiger partial charge in [-0.1, -0.05) is 23.7 Å². The number of nitrogens with zero attached hydrogens (tertiary/aromatic N) is 1. The monoisotopic (exact) mass is 372 g/mol. The van der Waals surface area contributed by atoms with E-state index in [1.165, 1.54) is 6.07 Å². The SMILES string of the molecule is Cc1c(C(=O)Nc2ccc(N3CCCC3)c(F)c2)oc2c(Cl)cccc12. The summed E-state index contributed by atoms with van der Waals surface area (Å²) in [5.74, 6) is -0.589. The van der Waals surface area contributed by atoms with Crippen LogP contribution in [0.5, 0.6) is 0 Å². The smallest absolute Gasteiger partial charge is 0.291 e. The number of hydrogen-bond donors (Lipinski definition) is 1. The van der Waals surface area contributed by atoms with Crippen LogP contribution in [-0.4, -0.2) is 19.0 Å². The lowest BCUT2D eigenvalue weighted by Crippen LogP contribution is -2.19. The van der Waals surface area contributed by atoms with E-state index in [1.807, 2.05) is 11.0 Å². The predicted octanol–water partition coefficient (Wildman–Crippen LogP) is 5.39. The number of nitrogens with one attached hydrogen (secondary N) is 1. The number of carbonyl (C=O) groups is 1. The first-order valence-corrected chi connectivity index (χ1v) is 8.96. The van der Waals surface area contributed by atoms with Gasteiger partial charge in [0.25, 0.3) is 5.91 Å². The molecule has 6 heteroatoms. The first kappa shape index (κ1) is 16.9. The molecule has 1 fully saturated rings. The summed E-state index contributed by atoms with van der Waals surface area (Å²) in [4.78, 5) is 14.6. The highest BCUT2D eigenvalue weighted by Gasteiger charge is 2.20. The number of furan rings is 1. The van der Waals surface area contributed by atoms with Crippen LogP contribution in [0.3, 0.4) is 0 Å². The lowest BCUT2D eigenvalue weighted by molar-refractivity contribution is 0.0998. The number of amides is 1. The summed E-state index contributed by atoms with van der Waals surface area (Å²) < 4.78 is 20.1. The Bertz CT molecular complexity index is 993. The Balaban J connectivity index is 1.59. The maximum Gasteiger partial charge on any atom is 0.291 e. The van der Waals surface area contributed by atoms with Crippen LogP contribution in [0.25, 0.3) is 11.0 Å². The normalized spacial score (nSPS) is 14.2. The molecule has 26 heavy (non-hydrogen) atoms. The summed E-state index contributed by atoms with van der Waals surface area (Å²) in [7, 11) is 0. The summed E-state index contributed by atoms with van der Waals surface area (Å²) in [5, 5.41) is 3.94.